The second-order valence-electron chi connectivity index (χ2n) is 5.60. The van der Waals surface area contributed by atoms with Gasteiger partial charge in [0, 0.05) is 17.8 Å². The Labute approximate surface area is 155 Å². The molecule has 2 rings (SSSR count). The third kappa shape index (κ3) is 6.25. The van der Waals surface area contributed by atoms with E-state index in [1.807, 2.05) is 0 Å². The Morgan fingerprint density at radius 3 is 2.81 bits per heavy atom. The summed E-state index contributed by atoms with van der Waals surface area (Å²) >= 11 is 1.16. The van der Waals surface area contributed by atoms with Crippen LogP contribution in [0.2, 0.25) is 0 Å². The van der Waals surface area contributed by atoms with Crippen LogP contribution in [0.3, 0.4) is 0 Å². The fourth-order valence-corrected chi connectivity index (χ4v) is 2.79. The predicted molar refractivity (Wildman–Crippen MR) is 101 cm³/mol. The molecule has 0 spiro atoms. The minimum atomic E-state index is -1.00. The van der Waals surface area contributed by atoms with Crippen molar-refractivity contribution in [2.45, 2.75) is 32.6 Å². The van der Waals surface area contributed by atoms with Gasteiger partial charge in [0.1, 0.15) is 5.75 Å². The summed E-state index contributed by atoms with van der Waals surface area (Å²) in [6.45, 7) is 2.68. The summed E-state index contributed by atoms with van der Waals surface area (Å²) in [6.07, 6.45) is 4.28. The van der Waals surface area contributed by atoms with Crippen LogP contribution in [0.25, 0.3) is 0 Å². The van der Waals surface area contributed by atoms with Crippen molar-refractivity contribution in [2.75, 3.05) is 17.6 Å². The van der Waals surface area contributed by atoms with Gasteiger partial charge in [0.25, 0.3) is 0 Å². The van der Waals surface area contributed by atoms with Gasteiger partial charge in [0.2, 0.25) is 5.06 Å². The summed E-state index contributed by atoms with van der Waals surface area (Å²) < 4.78 is 5.67. The van der Waals surface area contributed by atoms with Gasteiger partial charge in [-0.15, -0.1) is 0 Å². The number of nitrogens with one attached hydrogen (secondary N) is 2. The van der Waals surface area contributed by atoms with Crippen LogP contribution in [-0.2, 0) is 11.2 Å². The maximum Gasteiger partial charge on any atom is 0.319 e. The van der Waals surface area contributed by atoms with Gasteiger partial charge in [-0.05, 0) is 24.6 Å². The Kier molecular flexibility index (Phi) is 7.22. The Hall–Kier alpha value is -2.81. The largest absolute Gasteiger partial charge is 0.481 e. The van der Waals surface area contributed by atoms with Gasteiger partial charge in [-0.3, -0.25) is 4.79 Å². The minimum Gasteiger partial charge on any atom is -0.481 e. The molecule has 9 heteroatoms. The van der Waals surface area contributed by atoms with Crippen LogP contribution in [0, 0.1) is 0 Å². The molecule has 0 atom stereocenters. The number of amides is 2. The van der Waals surface area contributed by atoms with Gasteiger partial charge < -0.3 is 26.2 Å². The lowest BCUT2D eigenvalue weighted by Crippen LogP contribution is -2.29. The fourth-order valence-electron chi connectivity index (χ4n) is 2.24. The van der Waals surface area contributed by atoms with E-state index in [9.17, 15) is 9.59 Å². The molecule has 0 aliphatic heterocycles. The highest BCUT2D eigenvalue weighted by Gasteiger charge is 2.13. The zero-order chi connectivity index (χ0) is 18.9. The molecule has 0 radical (unpaired) electrons. The molecule has 0 unspecified atom stereocenters. The first-order chi connectivity index (χ1) is 12.5. The molecular formula is C17H22N4O4S. The second-order valence-corrected chi connectivity index (χ2v) is 6.63. The molecular weight excluding hydrogens is 356 g/mol. The lowest BCUT2D eigenvalue weighted by atomic mass is 10.1. The molecule has 140 valence electrons. The molecule has 0 fully saturated rings. The first kappa shape index (κ1) is 19.5. The number of thiazole rings is 1. The van der Waals surface area contributed by atoms with Gasteiger partial charge in [-0.1, -0.05) is 31.1 Å². The minimum absolute atomic E-state index is 0.239. The molecule has 0 aliphatic carbocycles. The number of unbranched alkanes of at least 4 members (excludes halogenated alkanes) is 2. The van der Waals surface area contributed by atoms with Crippen LogP contribution in [0.1, 0.15) is 31.7 Å². The second kappa shape index (κ2) is 9.62. The summed E-state index contributed by atoms with van der Waals surface area (Å²) in [4.78, 5) is 26.9. The molecule has 1 heterocycles. The third-order valence-corrected chi connectivity index (χ3v) is 4.14. The zero-order valence-electron chi connectivity index (χ0n) is 14.4. The lowest BCUT2D eigenvalue weighted by molar-refractivity contribution is -0.136. The van der Waals surface area contributed by atoms with Crippen molar-refractivity contribution >= 4 is 34.2 Å². The van der Waals surface area contributed by atoms with Crippen molar-refractivity contribution in [2.24, 2.45) is 0 Å². The number of urea groups is 1. The van der Waals surface area contributed by atoms with Gasteiger partial charge in [-0.2, -0.15) is 0 Å². The molecule has 1 aromatic heterocycles. The summed E-state index contributed by atoms with van der Waals surface area (Å²) in [6, 6.07) is 4.52. The molecule has 0 saturated heterocycles. The van der Waals surface area contributed by atoms with E-state index in [1.165, 1.54) is 6.20 Å². The number of hydrogen-bond acceptors (Lipinski definition) is 6. The number of nitrogens with zero attached hydrogens (tertiary/aromatic N) is 1. The van der Waals surface area contributed by atoms with E-state index >= 15 is 0 Å². The molecule has 26 heavy (non-hydrogen) atoms. The number of aliphatic carboxylic acids is 1. The molecule has 2 aromatic rings. The number of carbonyl (C=O) groups excluding carboxylic acids is 1. The fraction of sp³-hybridized carbons (Fsp3) is 0.353. The number of carboxylic acids is 1. The standard InChI is InChI=1S/C17H22N4O4S/c1-2-3-4-7-19-17(24)21-12-5-6-13(11(8-12)9-14(22)23)25-15-10-20-16(18)26-15/h5-6,8,10H,2-4,7,9H2,1H3,(H2,18,20)(H,22,23)(H2,19,21,24). The van der Waals surface area contributed by atoms with E-state index in [4.69, 9.17) is 15.6 Å². The van der Waals surface area contributed by atoms with E-state index in [-0.39, 0.29) is 12.5 Å². The van der Waals surface area contributed by atoms with Crippen LogP contribution in [0.5, 0.6) is 10.8 Å². The van der Waals surface area contributed by atoms with E-state index in [1.54, 1.807) is 18.2 Å². The van der Waals surface area contributed by atoms with Crippen LogP contribution < -0.4 is 21.1 Å². The Balaban J connectivity index is 2.06. The summed E-state index contributed by atoms with van der Waals surface area (Å²) in [5, 5.41) is 15.4. The summed E-state index contributed by atoms with van der Waals surface area (Å²) in [7, 11) is 0. The summed E-state index contributed by atoms with van der Waals surface area (Å²) in [5.74, 6) is -0.621. The number of carbonyl (C=O) groups is 2. The SMILES string of the molecule is CCCCCNC(=O)Nc1ccc(Oc2cnc(N)s2)c(CC(=O)O)c1. The van der Waals surface area contributed by atoms with Crippen LogP contribution in [0.15, 0.2) is 24.4 Å². The maximum absolute atomic E-state index is 11.9. The third-order valence-electron chi connectivity index (χ3n) is 3.44. The number of rotatable bonds is 9. The number of benzene rings is 1. The topological polar surface area (TPSA) is 127 Å². The average Bonchev–Trinajstić information content (AvgIpc) is 2.98. The van der Waals surface area contributed by atoms with Crippen molar-refractivity contribution in [1.29, 1.82) is 0 Å². The van der Waals surface area contributed by atoms with Gasteiger partial charge in [0.15, 0.2) is 5.13 Å². The quantitative estimate of drug-likeness (QED) is 0.495. The Morgan fingerprint density at radius 1 is 1.35 bits per heavy atom. The smallest absolute Gasteiger partial charge is 0.319 e. The van der Waals surface area contributed by atoms with E-state index in [2.05, 4.69) is 22.5 Å². The highest BCUT2D eigenvalue weighted by molar-refractivity contribution is 7.17. The molecule has 8 nitrogen and oxygen atoms in total. The monoisotopic (exact) mass is 378 g/mol. The molecule has 1 aromatic carbocycles. The van der Waals surface area contributed by atoms with Crippen LogP contribution >= 0.6 is 11.3 Å². The van der Waals surface area contributed by atoms with Crippen LogP contribution in [0.4, 0.5) is 15.6 Å². The van der Waals surface area contributed by atoms with Crippen molar-refractivity contribution in [1.82, 2.24) is 10.3 Å². The van der Waals surface area contributed by atoms with Crippen LogP contribution in [-0.4, -0.2) is 28.6 Å². The van der Waals surface area contributed by atoms with Crippen molar-refractivity contribution in [3.8, 4) is 10.8 Å². The molecule has 5 N–H and O–H groups in total. The lowest BCUT2D eigenvalue weighted by Gasteiger charge is -2.12. The molecule has 0 saturated carbocycles. The number of hydrogen-bond donors (Lipinski definition) is 4. The first-order valence-corrected chi connectivity index (χ1v) is 9.08. The molecule has 0 aliphatic rings. The Morgan fingerprint density at radius 2 is 2.15 bits per heavy atom. The van der Waals surface area contributed by atoms with E-state index in [0.29, 0.717) is 33.7 Å². The molecule has 2 amide bonds. The number of ether oxygens (including phenoxy) is 1. The number of nitrogen functional groups attached to an aromatic ring is 1. The summed E-state index contributed by atoms with van der Waals surface area (Å²) in [5.41, 5.74) is 6.50. The van der Waals surface area contributed by atoms with Gasteiger partial charge >= 0.3 is 12.0 Å². The maximum atomic E-state index is 11.9. The Bertz CT molecular complexity index is 763. The number of anilines is 2. The number of nitrogens with two attached hydrogens (primary N) is 1. The van der Waals surface area contributed by atoms with Gasteiger partial charge in [0.05, 0.1) is 12.6 Å². The van der Waals surface area contributed by atoms with E-state index in [0.717, 1.165) is 30.6 Å². The number of carboxylic acid groups (broad SMARTS) is 1. The average molecular weight is 378 g/mol. The molecule has 0 bridgehead atoms. The normalized spacial score (nSPS) is 10.3. The van der Waals surface area contributed by atoms with Crippen molar-refractivity contribution in [3.63, 3.8) is 0 Å². The highest BCUT2D eigenvalue weighted by Crippen LogP contribution is 2.32. The predicted octanol–water partition coefficient (Wildman–Crippen LogP) is 3.46. The number of aromatic nitrogens is 1. The zero-order valence-corrected chi connectivity index (χ0v) is 15.3. The van der Waals surface area contributed by atoms with Crippen molar-refractivity contribution < 1.29 is 19.4 Å². The van der Waals surface area contributed by atoms with Gasteiger partial charge in [-0.25, -0.2) is 9.78 Å². The highest BCUT2D eigenvalue weighted by atomic mass is 32.1. The van der Waals surface area contributed by atoms with E-state index < -0.39 is 5.97 Å². The van der Waals surface area contributed by atoms with Crippen molar-refractivity contribution in [3.05, 3.63) is 30.0 Å². The first-order valence-electron chi connectivity index (χ1n) is 8.26.